The van der Waals surface area contributed by atoms with Gasteiger partial charge in [-0.3, -0.25) is 24.1 Å². The second-order valence-electron chi connectivity index (χ2n) is 10.0. The highest BCUT2D eigenvalue weighted by molar-refractivity contribution is 8.00. The standard InChI is InChI=1S/C25H25FN2O5S2/c26-12-7-5-11(6-8-12)16-17-13-10-14(20(17)34-22-21(16)35-25(33)27-22)19-18(13)23(31)28(24(19)32)9-3-1-2-4-15(29)30/h5-8,13-14,16-20H,1-4,9-10H2,(H,27,33)(H,29,30)/t13-,14-,16-,17-,18+,19-,20-/m1/s1. The molecule has 4 aliphatic rings. The summed E-state index contributed by atoms with van der Waals surface area (Å²) in [6.45, 7) is 0.342. The van der Waals surface area contributed by atoms with Crippen LogP contribution >= 0.6 is 23.1 Å². The van der Waals surface area contributed by atoms with E-state index in [1.54, 1.807) is 23.9 Å². The van der Waals surface area contributed by atoms with Crippen LogP contribution < -0.4 is 4.87 Å². The second kappa shape index (κ2) is 8.58. The Balaban J connectivity index is 1.28. The zero-order chi connectivity index (χ0) is 24.4. The lowest BCUT2D eigenvalue weighted by Crippen LogP contribution is -2.42. The van der Waals surface area contributed by atoms with E-state index in [1.807, 2.05) is 0 Å². The van der Waals surface area contributed by atoms with Gasteiger partial charge in [0.05, 0.1) is 16.9 Å². The average molecular weight is 517 g/mol. The smallest absolute Gasteiger partial charge is 0.305 e. The molecule has 2 saturated carbocycles. The van der Waals surface area contributed by atoms with Crippen LogP contribution in [0, 0.1) is 35.4 Å². The SMILES string of the molecule is O=C(O)CCCCCN1C(=O)[C@@H]2[C@H]3C[C@@H]([C@@H]2C1=O)[C@@H]1[C@@H](c2ccc(F)cc2)c2sc(=O)[nH]c2S[C@H]31. The zero-order valence-electron chi connectivity index (χ0n) is 18.8. The number of carboxylic acid groups (broad SMARTS) is 1. The Morgan fingerprint density at radius 3 is 2.49 bits per heavy atom. The summed E-state index contributed by atoms with van der Waals surface area (Å²) in [5.74, 6) is -1.91. The molecule has 2 bridgehead atoms. The van der Waals surface area contributed by atoms with Gasteiger partial charge in [0.2, 0.25) is 11.8 Å². The number of nitrogens with zero attached hydrogens (tertiary/aromatic N) is 1. The minimum absolute atomic E-state index is 0.0383. The molecule has 2 aliphatic carbocycles. The van der Waals surface area contributed by atoms with Crippen molar-refractivity contribution in [2.75, 3.05) is 6.54 Å². The van der Waals surface area contributed by atoms with Crippen molar-refractivity contribution in [2.45, 2.75) is 48.3 Å². The number of fused-ring (bicyclic) bond motifs is 9. The number of thiazole rings is 1. The number of hydrogen-bond donors (Lipinski definition) is 2. The number of aromatic nitrogens is 1. The van der Waals surface area contributed by atoms with E-state index < -0.39 is 5.97 Å². The molecule has 2 aromatic rings. The number of carboxylic acids is 1. The lowest BCUT2D eigenvalue weighted by atomic mass is 9.68. The summed E-state index contributed by atoms with van der Waals surface area (Å²) in [4.78, 5) is 55.0. The number of likely N-dealkylation sites (tertiary alicyclic amines) is 1. The maximum absolute atomic E-state index is 13.7. The molecule has 7 atom stereocenters. The number of halogens is 1. The van der Waals surface area contributed by atoms with Gasteiger partial charge >= 0.3 is 10.8 Å². The van der Waals surface area contributed by atoms with Gasteiger partial charge in [-0.15, -0.1) is 11.8 Å². The molecule has 35 heavy (non-hydrogen) atoms. The van der Waals surface area contributed by atoms with Crippen LogP contribution in [0.15, 0.2) is 34.1 Å². The van der Waals surface area contributed by atoms with Crippen LogP contribution in [0.4, 0.5) is 4.39 Å². The molecule has 2 amide bonds. The predicted octanol–water partition coefficient (Wildman–Crippen LogP) is 3.69. The van der Waals surface area contributed by atoms with Gasteiger partial charge in [0.15, 0.2) is 0 Å². The second-order valence-corrected chi connectivity index (χ2v) is 12.2. The Morgan fingerprint density at radius 1 is 1.06 bits per heavy atom. The number of rotatable bonds is 7. The monoisotopic (exact) mass is 516 g/mol. The number of aromatic amines is 1. The Hall–Kier alpha value is -2.46. The predicted molar refractivity (Wildman–Crippen MR) is 128 cm³/mol. The fourth-order valence-corrected chi connectivity index (χ4v) is 9.95. The van der Waals surface area contributed by atoms with Crippen LogP contribution in [0.2, 0.25) is 0 Å². The molecule has 3 heterocycles. The van der Waals surface area contributed by atoms with Crippen molar-refractivity contribution in [1.82, 2.24) is 9.88 Å². The van der Waals surface area contributed by atoms with Gasteiger partial charge in [-0.25, -0.2) is 4.39 Å². The molecule has 1 saturated heterocycles. The van der Waals surface area contributed by atoms with Crippen molar-refractivity contribution in [1.29, 1.82) is 0 Å². The van der Waals surface area contributed by atoms with Crippen LogP contribution in [0.3, 0.4) is 0 Å². The molecule has 2 N–H and O–H groups in total. The quantitative estimate of drug-likeness (QED) is 0.429. The van der Waals surface area contributed by atoms with Gasteiger partial charge in [0, 0.05) is 29.0 Å². The molecular weight excluding hydrogens is 491 g/mol. The Kier molecular flexibility index (Phi) is 5.63. The molecule has 184 valence electrons. The molecule has 6 rings (SSSR count). The first-order chi connectivity index (χ1) is 16.8. The van der Waals surface area contributed by atoms with E-state index in [-0.39, 0.29) is 69.7 Å². The van der Waals surface area contributed by atoms with E-state index in [1.165, 1.54) is 28.4 Å². The highest BCUT2D eigenvalue weighted by Crippen LogP contribution is 2.68. The minimum Gasteiger partial charge on any atom is -0.481 e. The molecular formula is C25H25FN2O5S2. The van der Waals surface area contributed by atoms with Gasteiger partial charge in [-0.2, -0.15) is 0 Å². The van der Waals surface area contributed by atoms with Gasteiger partial charge in [-0.1, -0.05) is 29.9 Å². The number of carbonyl (C=O) groups excluding carboxylic acids is 2. The zero-order valence-corrected chi connectivity index (χ0v) is 20.4. The van der Waals surface area contributed by atoms with E-state index in [0.29, 0.717) is 25.8 Å². The van der Waals surface area contributed by atoms with E-state index in [2.05, 4.69) is 4.98 Å². The molecule has 0 unspecified atom stereocenters. The van der Waals surface area contributed by atoms with Crippen molar-refractivity contribution in [3.05, 3.63) is 50.2 Å². The molecule has 1 aromatic heterocycles. The fourth-order valence-electron chi connectivity index (χ4n) is 7.07. The number of nitrogens with one attached hydrogen (secondary N) is 1. The molecule has 0 spiro atoms. The van der Waals surface area contributed by atoms with Crippen LogP contribution in [0.1, 0.15) is 48.5 Å². The first-order valence-corrected chi connectivity index (χ1v) is 13.8. The Bertz CT molecular complexity index is 1260. The van der Waals surface area contributed by atoms with Crippen LogP contribution in [0.25, 0.3) is 0 Å². The Morgan fingerprint density at radius 2 is 1.77 bits per heavy atom. The number of aliphatic carboxylic acids is 1. The summed E-state index contributed by atoms with van der Waals surface area (Å²) >= 11 is 2.83. The summed E-state index contributed by atoms with van der Waals surface area (Å²) in [6.07, 6.45) is 2.71. The minimum atomic E-state index is -0.838. The lowest BCUT2D eigenvalue weighted by Gasteiger charge is -2.43. The Labute approximate surface area is 209 Å². The van der Waals surface area contributed by atoms with Gasteiger partial charge in [0.1, 0.15) is 5.82 Å². The number of carbonyl (C=O) groups is 3. The number of benzene rings is 1. The largest absolute Gasteiger partial charge is 0.481 e. The van der Waals surface area contributed by atoms with E-state index >= 15 is 0 Å². The van der Waals surface area contributed by atoms with Crippen molar-refractivity contribution in [3.63, 3.8) is 0 Å². The molecule has 3 fully saturated rings. The number of H-pyrrole nitrogens is 1. The van der Waals surface area contributed by atoms with Crippen molar-refractivity contribution in [3.8, 4) is 0 Å². The lowest BCUT2D eigenvalue weighted by molar-refractivity contribution is -0.141. The number of thioether (sulfide) groups is 1. The van der Waals surface area contributed by atoms with Crippen LogP contribution in [-0.2, 0) is 14.4 Å². The summed E-state index contributed by atoms with van der Waals surface area (Å²) in [5.41, 5.74) is 0.939. The number of amides is 2. The van der Waals surface area contributed by atoms with Crippen LogP contribution in [-0.4, -0.2) is 44.6 Å². The normalized spacial score (nSPS) is 32.6. The maximum Gasteiger partial charge on any atom is 0.305 e. The van der Waals surface area contributed by atoms with Crippen molar-refractivity contribution >= 4 is 40.9 Å². The number of unbranched alkanes of at least 4 members (excludes halogenated alkanes) is 2. The summed E-state index contributed by atoms with van der Waals surface area (Å²) in [6, 6.07) is 6.42. The van der Waals surface area contributed by atoms with Gasteiger partial charge in [0.25, 0.3) is 0 Å². The summed E-state index contributed by atoms with van der Waals surface area (Å²) < 4.78 is 13.7. The molecule has 0 radical (unpaired) electrons. The molecule has 1 aromatic carbocycles. The molecule has 10 heteroatoms. The third-order valence-corrected chi connectivity index (χ3v) is 10.9. The average Bonchev–Trinajstić information content (AvgIpc) is 3.54. The van der Waals surface area contributed by atoms with Crippen molar-refractivity contribution in [2.24, 2.45) is 29.6 Å². The third-order valence-electron chi connectivity index (χ3n) is 8.32. The maximum atomic E-state index is 13.7. The van der Waals surface area contributed by atoms with E-state index in [0.717, 1.165) is 21.9 Å². The first-order valence-electron chi connectivity index (χ1n) is 12.1. The number of imide groups is 1. The fraction of sp³-hybridized carbons (Fsp3) is 0.520. The van der Waals surface area contributed by atoms with E-state index in [9.17, 15) is 23.6 Å². The highest BCUT2D eigenvalue weighted by atomic mass is 32.2. The van der Waals surface area contributed by atoms with Gasteiger partial charge < -0.3 is 10.1 Å². The molecule has 7 nitrogen and oxygen atoms in total. The first kappa shape index (κ1) is 23.0. The van der Waals surface area contributed by atoms with Crippen molar-refractivity contribution < 1.29 is 23.9 Å². The molecule has 2 aliphatic heterocycles. The van der Waals surface area contributed by atoms with Gasteiger partial charge in [-0.05, 0) is 54.7 Å². The van der Waals surface area contributed by atoms with Crippen LogP contribution in [0.5, 0.6) is 0 Å². The number of hydrogen-bond acceptors (Lipinski definition) is 6. The summed E-state index contributed by atoms with van der Waals surface area (Å²) in [5, 5.41) is 9.76. The highest BCUT2D eigenvalue weighted by Gasteiger charge is 2.69. The third kappa shape index (κ3) is 3.59. The summed E-state index contributed by atoms with van der Waals surface area (Å²) in [7, 11) is 0. The topological polar surface area (TPSA) is 108 Å². The van der Waals surface area contributed by atoms with E-state index in [4.69, 9.17) is 5.11 Å².